The summed E-state index contributed by atoms with van der Waals surface area (Å²) in [5, 5.41) is 3.93. The van der Waals surface area contributed by atoms with E-state index in [1.807, 2.05) is 17.8 Å². The summed E-state index contributed by atoms with van der Waals surface area (Å²) < 4.78 is 0. The zero-order valence-electron chi connectivity index (χ0n) is 11.5. The largest absolute Gasteiger partial charge is 0.326 e. The minimum atomic E-state index is 0.245. The molecule has 106 valence electrons. The third-order valence-corrected chi connectivity index (χ3v) is 6.13. The first-order valence-corrected chi connectivity index (χ1v) is 9.13. The molecule has 2 heterocycles. The van der Waals surface area contributed by atoms with Crippen LogP contribution in [0.4, 0.5) is 0 Å². The molecule has 3 rings (SSSR count). The second kappa shape index (κ2) is 6.74. The van der Waals surface area contributed by atoms with Crippen molar-refractivity contribution in [1.29, 1.82) is 0 Å². The first-order valence-electron chi connectivity index (χ1n) is 7.20. The van der Waals surface area contributed by atoms with E-state index in [2.05, 4.69) is 29.6 Å². The molecule has 1 aliphatic rings. The van der Waals surface area contributed by atoms with Gasteiger partial charge in [-0.1, -0.05) is 36.8 Å². The highest BCUT2D eigenvalue weighted by atomic mass is 32.2. The summed E-state index contributed by atoms with van der Waals surface area (Å²) >= 11 is 3.78. The summed E-state index contributed by atoms with van der Waals surface area (Å²) in [6, 6.07) is 10.6. The van der Waals surface area contributed by atoms with Gasteiger partial charge in [0.05, 0.1) is 10.7 Å². The third-order valence-electron chi connectivity index (χ3n) is 3.72. The molecule has 0 bridgehead atoms. The van der Waals surface area contributed by atoms with Gasteiger partial charge in [0.2, 0.25) is 0 Å². The summed E-state index contributed by atoms with van der Waals surface area (Å²) in [4.78, 5) is 4.74. The smallest absolute Gasteiger partial charge is 0.0948 e. The summed E-state index contributed by atoms with van der Waals surface area (Å²) in [6.45, 7) is 0. The van der Waals surface area contributed by atoms with E-state index in [1.54, 1.807) is 11.3 Å². The lowest BCUT2D eigenvalue weighted by atomic mass is 10.1. The van der Waals surface area contributed by atoms with Crippen LogP contribution < -0.4 is 5.73 Å². The molecule has 2 unspecified atom stereocenters. The molecule has 2 atom stereocenters. The van der Waals surface area contributed by atoms with E-state index >= 15 is 0 Å². The maximum atomic E-state index is 6.37. The fraction of sp³-hybridized carbons (Fsp3) is 0.438. The van der Waals surface area contributed by atoms with Crippen molar-refractivity contribution in [2.75, 3.05) is 5.75 Å². The Balaban J connectivity index is 1.65. The molecule has 1 saturated heterocycles. The van der Waals surface area contributed by atoms with E-state index in [0.29, 0.717) is 5.25 Å². The fourth-order valence-corrected chi connectivity index (χ4v) is 4.81. The van der Waals surface area contributed by atoms with Crippen LogP contribution in [0.5, 0.6) is 0 Å². The van der Waals surface area contributed by atoms with Crippen molar-refractivity contribution in [1.82, 2.24) is 4.98 Å². The molecule has 0 radical (unpaired) electrons. The molecule has 0 amide bonds. The fourth-order valence-electron chi connectivity index (χ4n) is 2.58. The molecule has 0 saturated carbocycles. The number of thiazole rings is 1. The average molecular weight is 304 g/mol. The van der Waals surface area contributed by atoms with Crippen LogP contribution >= 0.6 is 23.1 Å². The first kappa shape index (κ1) is 14.1. The van der Waals surface area contributed by atoms with Gasteiger partial charge in [-0.05, 0) is 18.6 Å². The predicted octanol–water partition coefficient (Wildman–Crippen LogP) is 3.97. The van der Waals surface area contributed by atoms with Gasteiger partial charge in [0.15, 0.2) is 0 Å². The maximum absolute atomic E-state index is 6.37. The van der Waals surface area contributed by atoms with Crippen LogP contribution in [0.1, 0.15) is 24.3 Å². The van der Waals surface area contributed by atoms with Crippen molar-refractivity contribution >= 4 is 23.1 Å². The number of benzene rings is 1. The zero-order chi connectivity index (χ0) is 13.8. The average Bonchev–Trinajstić information content (AvgIpc) is 2.97. The molecule has 2 nitrogen and oxygen atoms in total. The summed E-state index contributed by atoms with van der Waals surface area (Å²) in [7, 11) is 0. The Morgan fingerprint density at radius 1 is 1.25 bits per heavy atom. The summed E-state index contributed by atoms with van der Waals surface area (Å²) in [5.74, 6) is 1.27. The van der Waals surface area contributed by atoms with Crippen molar-refractivity contribution in [3.63, 3.8) is 0 Å². The van der Waals surface area contributed by atoms with E-state index in [1.165, 1.54) is 35.6 Å². The van der Waals surface area contributed by atoms with Crippen molar-refractivity contribution in [2.24, 2.45) is 5.73 Å². The van der Waals surface area contributed by atoms with Crippen LogP contribution in [0, 0.1) is 0 Å². The van der Waals surface area contributed by atoms with Gasteiger partial charge in [-0.3, -0.25) is 0 Å². The van der Waals surface area contributed by atoms with Crippen LogP contribution in [0.25, 0.3) is 11.3 Å². The molecule has 1 aromatic heterocycles. The van der Waals surface area contributed by atoms with Crippen LogP contribution in [0.15, 0.2) is 35.7 Å². The molecule has 1 aliphatic heterocycles. The lowest BCUT2D eigenvalue weighted by molar-refractivity contribution is 0.559. The number of rotatable bonds is 4. The van der Waals surface area contributed by atoms with Gasteiger partial charge in [-0.15, -0.1) is 11.3 Å². The molecule has 1 fully saturated rings. The number of thioether (sulfide) groups is 1. The zero-order valence-corrected chi connectivity index (χ0v) is 13.1. The summed E-state index contributed by atoms with van der Waals surface area (Å²) in [5.41, 5.74) is 8.64. The van der Waals surface area contributed by atoms with Gasteiger partial charge in [0, 0.05) is 28.7 Å². The van der Waals surface area contributed by atoms with Crippen molar-refractivity contribution in [3.8, 4) is 11.3 Å². The second-order valence-electron chi connectivity index (χ2n) is 5.27. The highest BCUT2D eigenvalue weighted by molar-refractivity contribution is 8.00. The predicted molar refractivity (Wildman–Crippen MR) is 89.3 cm³/mol. The number of nitrogens with two attached hydrogens (primary N) is 1. The number of hydrogen-bond acceptors (Lipinski definition) is 4. The Hall–Kier alpha value is -0.840. The van der Waals surface area contributed by atoms with E-state index < -0.39 is 0 Å². The first-order chi connectivity index (χ1) is 9.83. The maximum Gasteiger partial charge on any atom is 0.0948 e. The van der Waals surface area contributed by atoms with Crippen LogP contribution in [-0.4, -0.2) is 22.0 Å². The monoisotopic (exact) mass is 304 g/mol. The highest BCUT2D eigenvalue weighted by Gasteiger charge is 2.22. The van der Waals surface area contributed by atoms with E-state index in [4.69, 9.17) is 10.7 Å². The Morgan fingerprint density at radius 3 is 2.85 bits per heavy atom. The SMILES string of the molecule is NC(Cc1nc(-c2ccccc2)cs1)C1CCCCS1. The summed E-state index contributed by atoms with van der Waals surface area (Å²) in [6.07, 6.45) is 4.86. The topological polar surface area (TPSA) is 38.9 Å². The molecule has 2 aromatic rings. The molecular weight excluding hydrogens is 284 g/mol. The van der Waals surface area contributed by atoms with Gasteiger partial charge in [0.1, 0.15) is 0 Å². The van der Waals surface area contributed by atoms with E-state index in [-0.39, 0.29) is 6.04 Å². The van der Waals surface area contributed by atoms with E-state index in [9.17, 15) is 0 Å². The van der Waals surface area contributed by atoms with Crippen LogP contribution in [-0.2, 0) is 6.42 Å². The molecule has 20 heavy (non-hydrogen) atoms. The highest BCUT2D eigenvalue weighted by Crippen LogP contribution is 2.29. The normalized spacial score (nSPS) is 20.8. The Bertz CT molecular complexity index is 532. The van der Waals surface area contributed by atoms with Crippen LogP contribution in [0.2, 0.25) is 0 Å². The minimum Gasteiger partial charge on any atom is -0.326 e. The van der Waals surface area contributed by atoms with Gasteiger partial charge < -0.3 is 5.73 Å². The van der Waals surface area contributed by atoms with Crippen molar-refractivity contribution < 1.29 is 0 Å². The number of aromatic nitrogens is 1. The molecule has 4 heteroatoms. The molecular formula is C16H20N2S2. The van der Waals surface area contributed by atoms with Crippen molar-refractivity contribution in [3.05, 3.63) is 40.7 Å². The Kier molecular flexibility index (Phi) is 4.76. The van der Waals surface area contributed by atoms with Gasteiger partial charge in [0.25, 0.3) is 0 Å². The standard InChI is InChI=1S/C16H20N2S2/c17-13(15-8-4-5-9-19-15)10-16-18-14(11-20-16)12-6-2-1-3-7-12/h1-3,6-7,11,13,15H,4-5,8-10,17H2. The van der Waals surface area contributed by atoms with Crippen LogP contribution in [0.3, 0.4) is 0 Å². The molecule has 0 spiro atoms. The second-order valence-corrected chi connectivity index (χ2v) is 7.56. The Labute approximate surface area is 128 Å². The van der Waals surface area contributed by atoms with E-state index in [0.717, 1.165) is 12.1 Å². The number of nitrogens with zero attached hydrogens (tertiary/aromatic N) is 1. The lowest BCUT2D eigenvalue weighted by Crippen LogP contribution is -2.36. The molecule has 1 aromatic carbocycles. The minimum absolute atomic E-state index is 0.245. The number of hydrogen-bond donors (Lipinski definition) is 1. The third kappa shape index (κ3) is 3.43. The van der Waals surface area contributed by atoms with Gasteiger partial charge in [-0.2, -0.15) is 11.8 Å². The van der Waals surface area contributed by atoms with Crippen molar-refractivity contribution in [2.45, 2.75) is 37.0 Å². The van der Waals surface area contributed by atoms with Gasteiger partial charge in [-0.25, -0.2) is 4.98 Å². The molecule has 2 N–H and O–H groups in total. The van der Waals surface area contributed by atoms with Gasteiger partial charge >= 0.3 is 0 Å². The Morgan fingerprint density at radius 2 is 2.10 bits per heavy atom. The quantitative estimate of drug-likeness (QED) is 0.929. The molecule has 0 aliphatic carbocycles. The lowest BCUT2D eigenvalue weighted by Gasteiger charge is -2.26.